The van der Waals surface area contributed by atoms with E-state index in [-0.39, 0.29) is 0 Å². The van der Waals surface area contributed by atoms with Gasteiger partial charge in [-0.15, -0.1) is 0 Å². The smallest absolute Gasteiger partial charge is 0.174 e. The maximum atomic E-state index is 5.72. The van der Waals surface area contributed by atoms with E-state index in [4.69, 9.17) is 17.0 Å². The molecule has 0 aliphatic heterocycles. The molecular formula is C22H23N3OS. The van der Waals surface area contributed by atoms with Crippen LogP contribution in [0.5, 0.6) is 5.75 Å². The number of hydrogen-bond acceptors (Lipinski definition) is 3. The van der Waals surface area contributed by atoms with Crippen LogP contribution in [0, 0.1) is 6.92 Å². The Labute approximate surface area is 165 Å². The Bertz CT molecular complexity index is 882. The molecule has 0 atom stereocenters. The van der Waals surface area contributed by atoms with Gasteiger partial charge < -0.3 is 15.0 Å². The van der Waals surface area contributed by atoms with Crippen LogP contribution in [0.25, 0.3) is 0 Å². The number of anilines is 1. The third-order valence-electron chi connectivity index (χ3n) is 4.35. The van der Waals surface area contributed by atoms with Crippen LogP contribution in [0.15, 0.2) is 73.1 Å². The molecule has 4 nitrogen and oxygen atoms in total. The predicted molar refractivity (Wildman–Crippen MR) is 114 cm³/mol. The lowest BCUT2D eigenvalue weighted by Gasteiger charge is -2.27. The number of nitrogens with zero attached hydrogens (tertiary/aromatic N) is 2. The number of aromatic nitrogens is 1. The standard InChI is InChI=1S/C22H23N3OS/c1-17-6-3-4-8-19(17)16-25(15-18-7-5-13-23-14-18)22(27)24-20-9-11-21(26-2)12-10-20/h3-14H,15-16H2,1-2H3,(H,24,27). The first-order valence-corrected chi connectivity index (χ1v) is 9.20. The van der Waals surface area contributed by atoms with Gasteiger partial charge in [-0.25, -0.2) is 0 Å². The second kappa shape index (κ2) is 9.14. The number of hydrogen-bond donors (Lipinski definition) is 1. The average Bonchev–Trinajstić information content (AvgIpc) is 2.70. The molecule has 0 bridgehead atoms. The zero-order chi connectivity index (χ0) is 19.1. The number of methoxy groups -OCH3 is 1. The molecule has 1 heterocycles. The lowest BCUT2D eigenvalue weighted by atomic mass is 10.1. The van der Waals surface area contributed by atoms with Crippen molar-refractivity contribution >= 4 is 23.0 Å². The molecule has 3 rings (SSSR count). The summed E-state index contributed by atoms with van der Waals surface area (Å²) in [5, 5.41) is 4.01. The van der Waals surface area contributed by atoms with Crippen LogP contribution in [-0.4, -0.2) is 22.1 Å². The molecule has 0 saturated heterocycles. The van der Waals surface area contributed by atoms with Crippen molar-refractivity contribution in [1.29, 1.82) is 0 Å². The molecule has 0 radical (unpaired) electrons. The third kappa shape index (κ3) is 5.28. The summed E-state index contributed by atoms with van der Waals surface area (Å²) in [6, 6.07) is 20.1. The molecule has 0 spiro atoms. The molecule has 0 fully saturated rings. The highest BCUT2D eigenvalue weighted by atomic mass is 32.1. The van der Waals surface area contributed by atoms with Crippen molar-refractivity contribution in [3.05, 3.63) is 89.7 Å². The summed E-state index contributed by atoms with van der Waals surface area (Å²) in [6.45, 7) is 3.53. The van der Waals surface area contributed by atoms with Gasteiger partial charge in [0.2, 0.25) is 0 Å². The maximum Gasteiger partial charge on any atom is 0.174 e. The quantitative estimate of drug-likeness (QED) is 0.625. The second-order valence-corrected chi connectivity index (χ2v) is 6.69. The molecule has 2 aromatic carbocycles. The number of rotatable bonds is 6. The number of ether oxygens (including phenoxy) is 1. The first-order chi connectivity index (χ1) is 13.2. The average molecular weight is 378 g/mol. The number of benzene rings is 2. The van der Waals surface area contributed by atoms with E-state index in [1.165, 1.54) is 11.1 Å². The minimum atomic E-state index is 0.673. The van der Waals surface area contributed by atoms with E-state index in [2.05, 4.69) is 52.5 Å². The molecule has 1 N–H and O–H groups in total. The lowest BCUT2D eigenvalue weighted by molar-refractivity contribution is 0.411. The highest BCUT2D eigenvalue weighted by molar-refractivity contribution is 7.80. The largest absolute Gasteiger partial charge is 0.497 e. The van der Waals surface area contributed by atoms with E-state index in [1.807, 2.05) is 36.5 Å². The number of thiocarbonyl (C=S) groups is 1. The van der Waals surface area contributed by atoms with Crippen LogP contribution < -0.4 is 10.1 Å². The van der Waals surface area contributed by atoms with Crippen molar-refractivity contribution in [2.24, 2.45) is 0 Å². The predicted octanol–water partition coefficient (Wildman–Crippen LogP) is 4.80. The molecule has 0 amide bonds. The minimum absolute atomic E-state index is 0.673. The van der Waals surface area contributed by atoms with Gasteiger partial charge >= 0.3 is 0 Å². The van der Waals surface area contributed by atoms with E-state index < -0.39 is 0 Å². The molecule has 1 aromatic heterocycles. The van der Waals surface area contributed by atoms with Crippen molar-refractivity contribution in [3.8, 4) is 5.75 Å². The van der Waals surface area contributed by atoms with Crippen molar-refractivity contribution in [2.75, 3.05) is 12.4 Å². The topological polar surface area (TPSA) is 37.4 Å². The van der Waals surface area contributed by atoms with E-state index >= 15 is 0 Å². The van der Waals surface area contributed by atoms with Crippen molar-refractivity contribution in [3.63, 3.8) is 0 Å². The van der Waals surface area contributed by atoms with Gasteiger partial charge in [-0.05, 0) is 66.2 Å². The molecule has 138 valence electrons. The van der Waals surface area contributed by atoms with Gasteiger partial charge in [0.15, 0.2) is 5.11 Å². The van der Waals surface area contributed by atoms with Gasteiger partial charge in [0.05, 0.1) is 7.11 Å². The van der Waals surface area contributed by atoms with E-state index in [9.17, 15) is 0 Å². The van der Waals surface area contributed by atoms with Gasteiger partial charge in [0.1, 0.15) is 5.75 Å². The monoisotopic (exact) mass is 377 g/mol. The molecule has 0 saturated carbocycles. The fraction of sp³-hybridized carbons (Fsp3) is 0.182. The third-order valence-corrected chi connectivity index (χ3v) is 4.71. The maximum absolute atomic E-state index is 5.72. The van der Waals surface area contributed by atoms with Crippen LogP contribution in [0.2, 0.25) is 0 Å². The summed E-state index contributed by atoms with van der Waals surface area (Å²) in [6.07, 6.45) is 3.66. The molecule has 0 aliphatic carbocycles. The van der Waals surface area contributed by atoms with E-state index in [1.54, 1.807) is 13.3 Å². The normalized spacial score (nSPS) is 10.3. The highest BCUT2D eigenvalue weighted by Gasteiger charge is 2.13. The Kier molecular flexibility index (Phi) is 6.39. The van der Waals surface area contributed by atoms with Crippen LogP contribution in [-0.2, 0) is 13.1 Å². The van der Waals surface area contributed by atoms with Gasteiger partial charge in [-0.2, -0.15) is 0 Å². The van der Waals surface area contributed by atoms with Crippen LogP contribution >= 0.6 is 12.2 Å². The van der Waals surface area contributed by atoms with Crippen LogP contribution in [0.1, 0.15) is 16.7 Å². The van der Waals surface area contributed by atoms with Gasteiger partial charge in [-0.3, -0.25) is 4.98 Å². The Morgan fingerprint density at radius 3 is 2.48 bits per heavy atom. The zero-order valence-corrected chi connectivity index (χ0v) is 16.4. The molecule has 0 aliphatic rings. The summed E-state index contributed by atoms with van der Waals surface area (Å²) in [4.78, 5) is 6.37. The fourth-order valence-corrected chi connectivity index (χ4v) is 3.03. The molecule has 5 heteroatoms. The van der Waals surface area contributed by atoms with Crippen molar-refractivity contribution < 1.29 is 4.74 Å². The van der Waals surface area contributed by atoms with E-state index in [0.29, 0.717) is 11.7 Å². The molecule has 27 heavy (non-hydrogen) atoms. The summed E-state index contributed by atoms with van der Waals surface area (Å²) in [5.41, 5.74) is 4.55. The second-order valence-electron chi connectivity index (χ2n) is 6.30. The van der Waals surface area contributed by atoms with Gasteiger partial charge in [0.25, 0.3) is 0 Å². The lowest BCUT2D eigenvalue weighted by Crippen LogP contribution is -2.34. The van der Waals surface area contributed by atoms with Crippen LogP contribution in [0.3, 0.4) is 0 Å². The highest BCUT2D eigenvalue weighted by Crippen LogP contribution is 2.18. The van der Waals surface area contributed by atoms with Crippen molar-refractivity contribution in [1.82, 2.24) is 9.88 Å². The first-order valence-electron chi connectivity index (χ1n) is 8.79. The Morgan fingerprint density at radius 2 is 1.81 bits per heavy atom. The Balaban J connectivity index is 1.79. The Morgan fingerprint density at radius 1 is 1.04 bits per heavy atom. The van der Waals surface area contributed by atoms with Crippen LogP contribution in [0.4, 0.5) is 5.69 Å². The number of pyridine rings is 1. The first kappa shape index (κ1) is 18.9. The summed E-state index contributed by atoms with van der Waals surface area (Å²) in [5.74, 6) is 0.818. The summed E-state index contributed by atoms with van der Waals surface area (Å²) in [7, 11) is 1.66. The molecular weight excluding hydrogens is 354 g/mol. The number of aryl methyl sites for hydroxylation is 1. The fourth-order valence-electron chi connectivity index (χ4n) is 2.78. The van der Waals surface area contributed by atoms with E-state index in [0.717, 1.165) is 23.5 Å². The summed E-state index contributed by atoms with van der Waals surface area (Å²) >= 11 is 5.72. The SMILES string of the molecule is COc1ccc(NC(=S)N(Cc2cccnc2)Cc2ccccc2C)cc1. The zero-order valence-electron chi connectivity index (χ0n) is 15.6. The minimum Gasteiger partial charge on any atom is -0.497 e. The van der Waals surface area contributed by atoms with Crippen molar-refractivity contribution in [2.45, 2.75) is 20.0 Å². The van der Waals surface area contributed by atoms with Gasteiger partial charge in [0, 0.05) is 31.2 Å². The molecule has 0 unspecified atom stereocenters. The number of nitrogens with one attached hydrogen (secondary N) is 1. The Hall–Kier alpha value is -2.92. The molecule has 3 aromatic rings. The summed E-state index contributed by atoms with van der Waals surface area (Å²) < 4.78 is 5.21. The van der Waals surface area contributed by atoms with Gasteiger partial charge in [-0.1, -0.05) is 30.3 Å².